The SMILES string of the molecule is CS(=O)(=O)N(CC(=O)N/N=C/c1cccc2ccccc12)c1ccc(Oc2ccccc2)cc1. The Morgan fingerprint density at radius 1 is 0.882 bits per heavy atom. The highest BCUT2D eigenvalue weighted by atomic mass is 32.2. The summed E-state index contributed by atoms with van der Waals surface area (Å²) < 4.78 is 31.5. The third-order valence-corrected chi connectivity index (χ3v) is 6.15. The zero-order valence-electron chi connectivity index (χ0n) is 18.5. The van der Waals surface area contributed by atoms with Gasteiger partial charge in [0.2, 0.25) is 10.0 Å². The summed E-state index contributed by atoms with van der Waals surface area (Å²) in [5.41, 5.74) is 3.60. The molecule has 4 aromatic carbocycles. The van der Waals surface area contributed by atoms with Crippen LogP contribution in [0.15, 0.2) is 102 Å². The van der Waals surface area contributed by atoms with Crippen LogP contribution in [0.3, 0.4) is 0 Å². The van der Waals surface area contributed by atoms with E-state index in [2.05, 4.69) is 10.5 Å². The van der Waals surface area contributed by atoms with E-state index in [9.17, 15) is 13.2 Å². The number of sulfonamides is 1. The summed E-state index contributed by atoms with van der Waals surface area (Å²) in [6.45, 7) is -0.412. The molecule has 0 heterocycles. The zero-order valence-corrected chi connectivity index (χ0v) is 19.3. The molecular formula is C26H23N3O4S. The third-order valence-electron chi connectivity index (χ3n) is 5.01. The van der Waals surface area contributed by atoms with Crippen LogP contribution in [0.25, 0.3) is 10.8 Å². The predicted octanol–water partition coefficient (Wildman–Crippen LogP) is 4.55. The first-order chi connectivity index (χ1) is 16.4. The molecule has 0 fully saturated rings. The molecule has 0 bridgehead atoms. The maximum atomic E-state index is 12.5. The van der Waals surface area contributed by atoms with Crippen molar-refractivity contribution < 1.29 is 17.9 Å². The second-order valence-corrected chi connectivity index (χ2v) is 9.45. The summed E-state index contributed by atoms with van der Waals surface area (Å²) in [4.78, 5) is 12.5. The molecule has 1 amide bonds. The highest BCUT2D eigenvalue weighted by Crippen LogP contribution is 2.25. The van der Waals surface area contributed by atoms with Crippen LogP contribution in [0.5, 0.6) is 11.5 Å². The molecule has 0 radical (unpaired) electrons. The molecular weight excluding hydrogens is 450 g/mol. The van der Waals surface area contributed by atoms with Crippen LogP contribution in [0.1, 0.15) is 5.56 Å². The van der Waals surface area contributed by atoms with Gasteiger partial charge in [0.1, 0.15) is 18.0 Å². The molecule has 0 saturated carbocycles. The average molecular weight is 474 g/mol. The summed E-state index contributed by atoms with van der Waals surface area (Å²) in [5.74, 6) is 0.651. The van der Waals surface area contributed by atoms with Gasteiger partial charge in [0, 0.05) is 5.56 Å². The van der Waals surface area contributed by atoms with Crippen LogP contribution in [-0.4, -0.2) is 33.3 Å². The quantitative estimate of drug-likeness (QED) is 0.300. The molecule has 0 atom stereocenters. The number of nitrogens with zero attached hydrogens (tertiary/aromatic N) is 2. The molecule has 34 heavy (non-hydrogen) atoms. The third kappa shape index (κ3) is 5.79. The molecule has 0 aliphatic carbocycles. The van der Waals surface area contributed by atoms with Gasteiger partial charge in [-0.1, -0.05) is 60.7 Å². The van der Waals surface area contributed by atoms with E-state index in [1.165, 1.54) is 0 Å². The Labute approximate surface area is 198 Å². The number of hydrogen-bond donors (Lipinski definition) is 1. The van der Waals surface area contributed by atoms with E-state index in [1.807, 2.05) is 72.8 Å². The van der Waals surface area contributed by atoms with Gasteiger partial charge in [0.15, 0.2) is 0 Å². The number of ether oxygens (including phenoxy) is 1. The molecule has 172 valence electrons. The first-order valence-corrected chi connectivity index (χ1v) is 12.4. The fraction of sp³-hybridized carbons (Fsp3) is 0.0769. The number of anilines is 1. The van der Waals surface area contributed by atoms with E-state index in [-0.39, 0.29) is 0 Å². The van der Waals surface area contributed by atoms with Gasteiger partial charge >= 0.3 is 0 Å². The van der Waals surface area contributed by atoms with E-state index in [4.69, 9.17) is 4.74 Å². The predicted molar refractivity (Wildman–Crippen MR) is 135 cm³/mol. The summed E-state index contributed by atoms with van der Waals surface area (Å²) in [6, 6.07) is 29.3. The van der Waals surface area contributed by atoms with Crippen molar-refractivity contribution in [1.82, 2.24) is 5.43 Å². The van der Waals surface area contributed by atoms with Crippen molar-refractivity contribution in [3.63, 3.8) is 0 Å². The minimum atomic E-state index is -3.71. The Kier molecular flexibility index (Phi) is 6.89. The summed E-state index contributed by atoms with van der Waals surface area (Å²) in [6.07, 6.45) is 2.59. The van der Waals surface area contributed by atoms with Gasteiger partial charge in [0.05, 0.1) is 18.2 Å². The Morgan fingerprint density at radius 3 is 2.26 bits per heavy atom. The summed E-state index contributed by atoms with van der Waals surface area (Å²) in [5, 5.41) is 6.07. The maximum absolute atomic E-state index is 12.5. The highest BCUT2D eigenvalue weighted by molar-refractivity contribution is 7.92. The lowest BCUT2D eigenvalue weighted by Crippen LogP contribution is -2.39. The molecule has 0 spiro atoms. The number of fused-ring (bicyclic) bond motifs is 1. The fourth-order valence-electron chi connectivity index (χ4n) is 3.41. The molecule has 0 aliphatic rings. The first kappa shape index (κ1) is 23.0. The van der Waals surface area contributed by atoms with E-state index in [1.54, 1.807) is 30.5 Å². The topological polar surface area (TPSA) is 88.1 Å². The molecule has 4 aromatic rings. The normalized spacial score (nSPS) is 11.4. The van der Waals surface area contributed by atoms with Crippen LogP contribution in [0.2, 0.25) is 0 Å². The lowest BCUT2D eigenvalue weighted by Gasteiger charge is -2.21. The molecule has 0 aromatic heterocycles. The largest absolute Gasteiger partial charge is 0.457 e. The number of amides is 1. The Bertz CT molecular complexity index is 1410. The van der Waals surface area contributed by atoms with Crippen molar-refractivity contribution in [2.24, 2.45) is 5.10 Å². The van der Waals surface area contributed by atoms with Crippen molar-refractivity contribution in [1.29, 1.82) is 0 Å². The summed E-state index contributed by atoms with van der Waals surface area (Å²) in [7, 11) is -3.71. The van der Waals surface area contributed by atoms with Crippen LogP contribution in [0.4, 0.5) is 5.69 Å². The maximum Gasteiger partial charge on any atom is 0.260 e. The first-order valence-electron chi connectivity index (χ1n) is 10.5. The van der Waals surface area contributed by atoms with Gasteiger partial charge in [-0.25, -0.2) is 13.8 Å². The van der Waals surface area contributed by atoms with E-state index in [0.29, 0.717) is 17.2 Å². The van der Waals surface area contributed by atoms with Crippen molar-refractivity contribution in [3.05, 3.63) is 103 Å². The number of hydrogen-bond acceptors (Lipinski definition) is 5. The van der Waals surface area contributed by atoms with Crippen molar-refractivity contribution in [2.45, 2.75) is 0 Å². The lowest BCUT2D eigenvalue weighted by molar-refractivity contribution is -0.119. The second kappa shape index (κ2) is 10.2. The minimum absolute atomic E-state index is 0.344. The molecule has 0 aliphatic heterocycles. The van der Waals surface area contributed by atoms with Crippen LogP contribution in [0, 0.1) is 0 Å². The summed E-state index contributed by atoms with van der Waals surface area (Å²) >= 11 is 0. The molecule has 0 unspecified atom stereocenters. The van der Waals surface area contributed by atoms with Crippen molar-refractivity contribution in [2.75, 3.05) is 17.1 Å². The number of nitrogens with one attached hydrogen (secondary N) is 1. The molecule has 8 heteroatoms. The van der Waals surface area contributed by atoms with Crippen LogP contribution in [-0.2, 0) is 14.8 Å². The van der Waals surface area contributed by atoms with E-state index < -0.39 is 22.5 Å². The number of para-hydroxylation sites is 1. The Morgan fingerprint density at radius 2 is 1.53 bits per heavy atom. The van der Waals surface area contributed by atoms with Crippen molar-refractivity contribution in [3.8, 4) is 11.5 Å². The Hall–Kier alpha value is -4.17. The van der Waals surface area contributed by atoms with Gasteiger partial charge in [0.25, 0.3) is 5.91 Å². The number of benzene rings is 4. The van der Waals surface area contributed by atoms with Gasteiger partial charge in [-0.15, -0.1) is 0 Å². The number of hydrazone groups is 1. The molecule has 7 nitrogen and oxygen atoms in total. The average Bonchev–Trinajstić information content (AvgIpc) is 2.83. The van der Waals surface area contributed by atoms with E-state index >= 15 is 0 Å². The van der Waals surface area contributed by atoms with E-state index in [0.717, 1.165) is 26.9 Å². The fourth-order valence-corrected chi connectivity index (χ4v) is 4.26. The Balaban J connectivity index is 1.44. The van der Waals surface area contributed by atoms with Gasteiger partial charge in [-0.2, -0.15) is 5.10 Å². The molecule has 0 saturated heterocycles. The standard InChI is InChI=1S/C26H23N3O4S/c1-34(31,32)29(22-14-16-24(17-15-22)33-23-11-3-2-4-12-23)19-26(30)28-27-18-21-10-7-9-20-8-5-6-13-25(20)21/h2-18H,19H2,1H3,(H,28,30)/b27-18+. The smallest absolute Gasteiger partial charge is 0.260 e. The zero-order chi connectivity index (χ0) is 24.0. The van der Waals surface area contributed by atoms with Crippen molar-refractivity contribution >= 4 is 38.6 Å². The van der Waals surface area contributed by atoms with Gasteiger partial charge in [-0.3, -0.25) is 9.10 Å². The number of rotatable bonds is 8. The minimum Gasteiger partial charge on any atom is -0.457 e. The lowest BCUT2D eigenvalue weighted by atomic mass is 10.1. The number of carbonyl (C=O) groups is 1. The van der Waals surface area contributed by atoms with Crippen LogP contribution < -0.4 is 14.5 Å². The monoisotopic (exact) mass is 473 g/mol. The second-order valence-electron chi connectivity index (χ2n) is 7.54. The van der Waals surface area contributed by atoms with Crippen LogP contribution >= 0.6 is 0 Å². The molecule has 4 rings (SSSR count). The van der Waals surface area contributed by atoms with Gasteiger partial charge < -0.3 is 4.74 Å². The van der Waals surface area contributed by atoms with Gasteiger partial charge in [-0.05, 0) is 47.2 Å². The highest BCUT2D eigenvalue weighted by Gasteiger charge is 2.20. The number of carbonyl (C=O) groups excluding carboxylic acids is 1. The molecule has 1 N–H and O–H groups in total.